The van der Waals surface area contributed by atoms with Crippen LogP contribution in [-0.2, 0) is 32.0 Å². The van der Waals surface area contributed by atoms with Gasteiger partial charge in [-0.2, -0.15) is 0 Å². The zero-order valence-corrected chi connectivity index (χ0v) is 31.7. The lowest BCUT2D eigenvalue weighted by Gasteiger charge is -2.44. The number of nitrogens with zero attached hydrogens (tertiary/aromatic N) is 2. The fourth-order valence-corrected chi connectivity index (χ4v) is 7.33. The summed E-state index contributed by atoms with van der Waals surface area (Å²) in [4.78, 5) is 42.4. The van der Waals surface area contributed by atoms with Crippen molar-refractivity contribution in [2.75, 3.05) is 41.0 Å². The molecule has 0 spiro atoms. The van der Waals surface area contributed by atoms with Gasteiger partial charge in [-0.25, -0.2) is 9.59 Å². The summed E-state index contributed by atoms with van der Waals surface area (Å²) in [6.07, 6.45) is 4.31. The highest BCUT2D eigenvalue weighted by Crippen LogP contribution is 2.36. The maximum Gasteiger partial charge on any atom is 0.338 e. The Morgan fingerprint density at radius 2 is 1.61 bits per heavy atom. The van der Waals surface area contributed by atoms with Crippen LogP contribution in [0.4, 0.5) is 0 Å². The smallest absolute Gasteiger partial charge is 0.338 e. The van der Waals surface area contributed by atoms with E-state index in [2.05, 4.69) is 15.2 Å². The van der Waals surface area contributed by atoms with Crippen LogP contribution in [0.3, 0.4) is 0 Å². The highest BCUT2D eigenvalue weighted by atomic mass is 35.5. The van der Waals surface area contributed by atoms with Crippen LogP contribution in [-0.4, -0.2) is 80.5 Å². The molecule has 3 saturated heterocycles. The molecular weight excluding hydrogens is 737 g/mol. The second-order valence-corrected chi connectivity index (χ2v) is 13.6. The minimum Gasteiger partial charge on any atom is -0.496 e. The van der Waals surface area contributed by atoms with Gasteiger partial charge in [0, 0.05) is 37.5 Å². The van der Waals surface area contributed by atoms with Gasteiger partial charge in [0.25, 0.3) is 6.47 Å². The topological polar surface area (TPSA) is 146 Å². The van der Waals surface area contributed by atoms with Crippen LogP contribution in [0.1, 0.15) is 57.6 Å². The number of pyridine rings is 1. The molecule has 0 radical (unpaired) electrons. The first kappa shape index (κ1) is 40.3. The van der Waals surface area contributed by atoms with E-state index in [4.69, 9.17) is 56.8 Å². The van der Waals surface area contributed by atoms with Crippen LogP contribution in [0, 0.1) is 5.92 Å². The first-order chi connectivity index (χ1) is 26.2. The largest absolute Gasteiger partial charge is 0.496 e. The number of aromatic nitrogens is 1. The van der Waals surface area contributed by atoms with Crippen molar-refractivity contribution in [2.24, 2.45) is 5.92 Å². The van der Waals surface area contributed by atoms with Crippen molar-refractivity contribution in [3.63, 3.8) is 0 Å². The quantitative estimate of drug-likeness (QED) is 0.103. The minimum absolute atomic E-state index is 0.146. The van der Waals surface area contributed by atoms with Gasteiger partial charge in [-0.3, -0.25) is 20.0 Å². The van der Waals surface area contributed by atoms with E-state index in [9.17, 15) is 9.59 Å². The molecule has 7 rings (SSSR count). The van der Waals surface area contributed by atoms with E-state index in [1.807, 2.05) is 30.3 Å². The number of benzene rings is 3. The fourth-order valence-electron chi connectivity index (χ4n) is 6.81. The Labute approximate surface area is 324 Å². The molecule has 3 aromatic carbocycles. The van der Waals surface area contributed by atoms with E-state index < -0.39 is 18.1 Å². The number of carbonyl (C=O) groups excluding carboxylic acids is 2. The number of fused-ring (bicyclic) bond motifs is 3. The third-order valence-electron chi connectivity index (χ3n) is 9.59. The Morgan fingerprint density at radius 3 is 2.26 bits per heavy atom. The SMILES string of the molecule is COc1ccc([C@H](Cc2c(Cl)cncc2Cl)OC(=O)c2cccc(CNC(C(=O)O[C@H]3CN4CCC3CC4)c3ccccc3OC)c2)cc1OC.O=CO. The molecule has 4 heterocycles. The molecule has 0 aliphatic carbocycles. The van der Waals surface area contributed by atoms with Gasteiger partial charge in [-0.1, -0.05) is 59.6 Å². The summed E-state index contributed by atoms with van der Waals surface area (Å²) in [5, 5.41) is 11.0. The van der Waals surface area contributed by atoms with Gasteiger partial charge >= 0.3 is 11.9 Å². The van der Waals surface area contributed by atoms with Crippen molar-refractivity contribution in [3.05, 3.63) is 117 Å². The second kappa shape index (κ2) is 19.4. The second-order valence-electron chi connectivity index (χ2n) is 12.8. The molecule has 14 heteroatoms. The number of nitrogens with one attached hydrogen (secondary N) is 1. The van der Waals surface area contributed by atoms with Gasteiger partial charge in [0.2, 0.25) is 0 Å². The number of halogens is 2. The van der Waals surface area contributed by atoms with Crippen molar-refractivity contribution in [2.45, 2.75) is 44.1 Å². The van der Waals surface area contributed by atoms with Crippen LogP contribution in [0.2, 0.25) is 10.0 Å². The molecule has 3 aliphatic heterocycles. The number of carbonyl (C=O) groups is 3. The van der Waals surface area contributed by atoms with Crippen LogP contribution in [0.25, 0.3) is 0 Å². The average molecular weight is 781 g/mol. The Kier molecular flexibility index (Phi) is 14.5. The van der Waals surface area contributed by atoms with Gasteiger partial charge in [-0.05, 0) is 78.9 Å². The first-order valence-corrected chi connectivity index (χ1v) is 18.1. The van der Waals surface area contributed by atoms with Crippen molar-refractivity contribution < 1.29 is 43.2 Å². The third kappa shape index (κ3) is 10.00. The van der Waals surface area contributed by atoms with Crippen LogP contribution >= 0.6 is 23.2 Å². The Morgan fingerprint density at radius 1 is 0.926 bits per heavy atom. The number of esters is 2. The average Bonchev–Trinajstić information content (AvgIpc) is 3.19. The monoisotopic (exact) mass is 779 g/mol. The molecule has 1 aromatic heterocycles. The molecule has 3 atom stereocenters. The van der Waals surface area contributed by atoms with Gasteiger partial charge in [0.05, 0.1) is 36.9 Å². The third-order valence-corrected chi connectivity index (χ3v) is 10.2. The molecule has 1 unspecified atom stereocenters. The van der Waals surface area contributed by atoms with Crippen LogP contribution in [0.15, 0.2) is 79.1 Å². The van der Waals surface area contributed by atoms with E-state index in [1.165, 1.54) is 19.5 Å². The molecule has 2 N–H and O–H groups in total. The molecule has 2 bridgehead atoms. The minimum atomic E-state index is -0.795. The summed E-state index contributed by atoms with van der Waals surface area (Å²) in [5.74, 6) is 1.04. The summed E-state index contributed by atoms with van der Waals surface area (Å²) in [6.45, 7) is 2.86. The molecule has 4 aromatic rings. The fraction of sp³-hybridized carbons (Fsp3) is 0.350. The molecule has 3 aliphatic rings. The van der Waals surface area contributed by atoms with Gasteiger partial charge < -0.3 is 28.8 Å². The summed E-state index contributed by atoms with van der Waals surface area (Å²) < 4.78 is 28.9. The lowest BCUT2D eigenvalue weighted by Crippen LogP contribution is -2.52. The predicted octanol–water partition coefficient (Wildman–Crippen LogP) is 6.72. The Hall–Kier alpha value is -4.88. The van der Waals surface area contributed by atoms with E-state index in [0.717, 1.165) is 38.0 Å². The lowest BCUT2D eigenvalue weighted by atomic mass is 9.86. The van der Waals surface area contributed by atoms with Crippen LogP contribution < -0.4 is 19.5 Å². The zero-order chi connectivity index (χ0) is 38.6. The van der Waals surface area contributed by atoms with Crippen molar-refractivity contribution >= 4 is 41.6 Å². The lowest BCUT2D eigenvalue weighted by molar-refractivity contribution is -0.161. The summed E-state index contributed by atoms with van der Waals surface area (Å²) in [5.41, 5.74) is 3.02. The van der Waals surface area contributed by atoms with E-state index >= 15 is 0 Å². The molecule has 286 valence electrons. The number of ether oxygens (including phenoxy) is 5. The molecule has 12 nitrogen and oxygen atoms in total. The standard InChI is InChI=1S/C39H41Cl2N3O7.CH2O2/c1-47-32-10-5-4-9-28(32)37(39(46)51-36-23-44-15-13-25(36)14-16-44)43-20-24-7-6-8-27(17-24)38(45)50-34(19-29-30(40)21-42-22-31(29)41)26-11-12-33(48-2)35(18-26)49-3;2-1-3/h4-12,17-18,21-22,25,34,36-37,43H,13-16,19-20,23H2,1-3H3;1H,(H,2,3)/t34-,36-,37?;/m0./s1. The highest BCUT2D eigenvalue weighted by Gasteiger charge is 2.38. The highest BCUT2D eigenvalue weighted by molar-refractivity contribution is 6.35. The van der Waals surface area contributed by atoms with E-state index in [0.29, 0.717) is 55.5 Å². The van der Waals surface area contributed by atoms with Crippen molar-refractivity contribution in [1.29, 1.82) is 0 Å². The number of methoxy groups -OCH3 is 3. The normalized spacial score (nSPS) is 18.3. The van der Waals surface area contributed by atoms with Gasteiger partial charge in [0.15, 0.2) is 11.5 Å². The number of hydrogen-bond donors (Lipinski definition) is 2. The van der Waals surface area contributed by atoms with E-state index in [-0.39, 0.29) is 31.5 Å². The molecule has 0 saturated carbocycles. The van der Waals surface area contributed by atoms with Crippen molar-refractivity contribution in [1.82, 2.24) is 15.2 Å². The number of hydrogen-bond acceptors (Lipinski definition) is 11. The predicted molar refractivity (Wildman–Crippen MR) is 202 cm³/mol. The first-order valence-electron chi connectivity index (χ1n) is 17.4. The summed E-state index contributed by atoms with van der Waals surface area (Å²) >= 11 is 13.0. The van der Waals surface area contributed by atoms with Gasteiger partial charge in [-0.15, -0.1) is 0 Å². The maximum absolute atomic E-state index is 13.8. The summed E-state index contributed by atoms with van der Waals surface area (Å²) in [6, 6.07) is 19.0. The number of para-hydroxylation sites is 1. The number of carboxylic acid groups (broad SMARTS) is 1. The Balaban J connectivity index is 0.00000181. The number of piperidine rings is 3. The Bertz CT molecular complexity index is 1880. The summed E-state index contributed by atoms with van der Waals surface area (Å²) in [7, 11) is 4.66. The molecule has 3 fully saturated rings. The molecule has 54 heavy (non-hydrogen) atoms. The maximum atomic E-state index is 13.8. The van der Waals surface area contributed by atoms with E-state index in [1.54, 1.807) is 50.6 Å². The number of rotatable bonds is 14. The van der Waals surface area contributed by atoms with Crippen molar-refractivity contribution in [3.8, 4) is 17.2 Å². The van der Waals surface area contributed by atoms with Gasteiger partial charge in [0.1, 0.15) is 24.0 Å². The molecular formula is C40H43Cl2N3O9. The zero-order valence-electron chi connectivity index (χ0n) is 30.2. The molecule has 0 amide bonds. The van der Waals surface area contributed by atoms with Crippen LogP contribution in [0.5, 0.6) is 17.2 Å².